The van der Waals surface area contributed by atoms with Crippen LogP contribution in [0.3, 0.4) is 0 Å². The second-order valence-corrected chi connectivity index (χ2v) is 5.44. The van der Waals surface area contributed by atoms with Crippen LogP contribution in [0.25, 0.3) is 0 Å². The molecule has 0 spiro atoms. The third-order valence-corrected chi connectivity index (χ3v) is 3.22. The summed E-state index contributed by atoms with van der Waals surface area (Å²) in [6.07, 6.45) is 1.93. The lowest BCUT2D eigenvalue weighted by atomic mass is 10.0. The quantitative estimate of drug-likeness (QED) is 0.791. The Morgan fingerprint density at radius 1 is 1.37 bits per heavy atom. The monoisotopic (exact) mass is 272 g/mol. The second kappa shape index (κ2) is 7.33. The van der Waals surface area contributed by atoms with Gasteiger partial charge in [0, 0.05) is 12.6 Å². The predicted octanol–water partition coefficient (Wildman–Crippen LogP) is 1.31. The summed E-state index contributed by atoms with van der Waals surface area (Å²) in [5.74, 6) is -0.431. The van der Waals surface area contributed by atoms with Gasteiger partial charge in [-0.25, -0.2) is 9.59 Å². The molecule has 0 aromatic carbocycles. The van der Waals surface area contributed by atoms with Crippen LogP contribution >= 0.6 is 0 Å². The fraction of sp³-hybridized carbons (Fsp3) is 0.846. The Bertz CT molecular complexity index is 320. The van der Waals surface area contributed by atoms with Crippen molar-refractivity contribution in [3.05, 3.63) is 0 Å². The van der Waals surface area contributed by atoms with E-state index in [4.69, 9.17) is 9.84 Å². The Labute approximate surface area is 114 Å². The highest BCUT2D eigenvalue weighted by atomic mass is 16.5. The van der Waals surface area contributed by atoms with Crippen LogP contribution in [0.4, 0.5) is 4.79 Å². The highest BCUT2D eigenvalue weighted by molar-refractivity contribution is 5.83. The van der Waals surface area contributed by atoms with E-state index in [1.807, 2.05) is 6.92 Å². The van der Waals surface area contributed by atoms with E-state index in [-0.39, 0.29) is 18.7 Å². The van der Waals surface area contributed by atoms with Gasteiger partial charge in [0.25, 0.3) is 0 Å². The summed E-state index contributed by atoms with van der Waals surface area (Å²) in [7, 11) is 0. The van der Waals surface area contributed by atoms with E-state index in [2.05, 4.69) is 19.2 Å². The van der Waals surface area contributed by atoms with E-state index in [9.17, 15) is 9.59 Å². The van der Waals surface area contributed by atoms with Gasteiger partial charge in [0.15, 0.2) is 6.04 Å². The van der Waals surface area contributed by atoms with Gasteiger partial charge >= 0.3 is 12.0 Å². The molecule has 1 rings (SSSR count). The molecule has 2 N–H and O–H groups in total. The van der Waals surface area contributed by atoms with Crippen LogP contribution in [0.5, 0.6) is 0 Å². The number of amides is 2. The summed E-state index contributed by atoms with van der Waals surface area (Å²) in [5, 5.41) is 11.9. The highest BCUT2D eigenvalue weighted by Crippen LogP contribution is 2.10. The van der Waals surface area contributed by atoms with Crippen molar-refractivity contribution in [2.45, 2.75) is 45.7 Å². The van der Waals surface area contributed by atoms with E-state index in [0.717, 1.165) is 12.8 Å². The summed E-state index contributed by atoms with van der Waals surface area (Å²) in [4.78, 5) is 24.5. The highest BCUT2D eigenvalue weighted by Gasteiger charge is 2.33. The minimum absolute atomic E-state index is 0.0483. The first-order valence-corrected chi connectivity index (χ1v) is 6.79. The molecule has 6 heteroatoms. The lowest BCUT2D eigenvalue weighted by Gasteiger charge is -2.33. The number of carboxylic acids is 1. The number of morpholine rings is 1. The maximum Gasteiger partial charge on any atom is 0.328 e. The molecule has 110 valence electrons. The Kier molecular flexibility index (Phi) is 6.08. The van der Waals surface area contributed by atoms with Gasteiger partial charge in [-0.05, 0) is 25.7 Å². The number of urea groups is 1. The number of aliphatic carboxylic acids is 1. The molecule has 0 radical (unpaired) electrons. The summed E-state index contributed by atoms with van der Waals surface area (Å²) in [6.45, 7) is 6.98. The van der Waals surface area contributed by atoms with Gasteiger partial charge < -0.3 is 20.1 Å². The molecule has 1 aliphatic heterocycles. The molecule has 2 unspecified atom stereocenters. The first kappa shape index (κ1) is 15.8. The number of hydrogen-bond acceptors (Lipinski definition) is 3. The standard InChI is InChI=1S/C13H24N2O4/c1-9(2)4-5-10(3)14-13(18)15-6-7-19-8-11(15)12(16)17/h9-11H,4-8H2,1-3H3,(H,14,18)(H,16,17). The van der Waals surface area contributed by atoms with Gasteiger partial charge in [-0.2, -0.15) is 0 Å². The summed E-state index contributed by atoms with van der Waals surface area (Å²) < 4.78 is 5.11. The SMILES string of the molecule is CC(C)CCC(C)NC(=O)N1CCOCC1C(=O)O. The minimum Gasteiger partial charge on any atom is -0.480 e. The number of carbonyl (C=O) groups excluding carboxylic acids is 1. The third kappa shape index (κ3) is 5.06. The van der Waals surface area contributed by atoms with Crippen molar-refractivity contribution in [2.24, 2.45) is 5.92 Å². The van der Waals surface area contributed by atoms with Crippen molar-refractivity contribution in [1.29, 1.82) is 0 Å². The van der Waals surface area contributed by atoms with Crippen LogP contribution in [0.1, 0.15) is 33.6 Å². The molecule has 1 heterocycles. The van der Waals surface area contributed by atoms with E-state index < -0.39 is 12.0 Å². The zero-order valence-corrected chi connectivity index (χ0v) is 11.9. The molecular formula is C13H24N2O4. The molecule has 0 saturated carbocycles. The van der Waals surface area contributed by atoms with Crippen molar-refractivity contribution >= 4 is 12.0 Å². The summed E-state index contributed by atoms with van der Waals surface area (Å²) in [6, 6.07) is -1.15. The minimum atomic E-state index is -1.02. The average molecular weight is 272 g/mol. The molecule has 1 aliphatic rings. The second-order valence-electron chi connectivity index (χ2n) is 5.44. The number of hydrogen-bond donors (Lipinski definition) is 2. The molecule has 0 aliphatic carbocycles. The zero-order chi connectivity index (χ0) is 14.4. The van der Waals surface area contributed by atoms with Gasteiger partial charge in [0.05, 0.1) is 13.2 Å². The van der Waals surface area contributed by atoms with Gasteiger partial charge in [0.2, 0.25) is 0 Å². The van der Waals surface area contributed by atoms with E-state index in [1.165, 1.54) is 4.90 Å². The molecule has 2 atom stereocenters. The van der Waals surface area contributed by atoms with Gasteiger partial charge in [-0.1, -0.05) is 13.8 Å². The number of carbonyl (C=O) groups is 2. The molecule has 0 aromatic heterocycles. The number of nitrogens with zero attached hydrogens (tertiary/aromatic N) is 1. The fourth-order valence-electron chi connectivity index (χ4n) is 2.00. The molecule has 1 fully saturated rings. The van der Waals surface area contributed by atoms with Crippen molar-refractivity contribution < 1.29 is 19.4 Å². The summed E-state index contributed by atoms with van der Waals surface area (Å²) in [5.41, 5.74) is 0. The Balaban J connectivity index is 2.48. The molecule has 0 bridgehead atoms. The van der Waals surface area contributed by atoms with Crippen molar-refractivity contribution in [1.82, 2.24) is 10.2 Å². The lowest BCUT2D eigenvalue weighted by Crippen LogP contribution is -2.56. The van der Waals surface area contributed by atoms with Crippen LogP contribution in [-0.2, 0) is 9.53 Å². The topological polar surface area (TPSA) is 78.9 Å². The molecule has 6 nitrogen and oxygen atoms in total. The Morgan fingerprint density at radius 3 is 2.63 bits per heavy atom. The van der Waals surface area contributed by atoms with Gasteiger partial charge in [-0.15, -0.1) is 0 Å². The summed E-state index contributed by atoms with van der Waals surface area (Å²) >= 11 is 0. The number of nitrogens with one attached hydrogen (secondary N) is 1. The largest absolute Gasteiger partial charge is 0.480 e. The average Bonchev–Trinajstić information content (AvgIpc) is 2.36. The molecule has 19 heavy (non-hydrogen) atoms. The van der Waals surface area contributed by atoms with Crippen LogP contribution in [0.15, 0.2) is 0 Å². The smallest absolute Gasteiger partial charge is 0.328 e. The molecule has 0 aromatic rings. The number of rotatable bonds is 5. The fourth-order valence-corrected chi connectivity index (χ4v) is 2.00. The molecular weight excluding hydrogens is 248 g/mol. The predicted molar refractivity (Wildman–Crippen MR) is 71.0 cm³/mol. The normalized spacial score (nSPS) is 21.3. The van der Waals surface area contributed by atoms with E-state index in [1.54, 1.807) is 0 Å². The van der Waals surface area contributed by atoms with Crippen LogP contribution in [0.2, 0.25) is 0 Å². The maximum absolute atomic E-state index is 12.1. The number of carboxylic acid groups (broad SMARTS) is 1. The van der Waals surface area contributed by atoms with Gasteiger partial charge in [0.1, 0.15) is 0 Å². The van der Waals surface area contributed by atoms with Crippen molar-refractivity contribution in [3.8, 4) is 0 Å². The third-order valence-electron chi connectivity index (χ3n) is 3.22. The maximum atomic E-state index is 12.1. The Morgan fingerprint density at radius 2 is 2.05 bits per heavy atom. The molecule has 1 saturated heterocycles. The van der Waals surface area contributed by atoms with Crippen LogP contribution < -0.4 is 5.32 Å². The van der Waals surface area contributed by atoms with Crippen molar-refractivity contribution in [2.75, 3.05) is 19.8 Å². The number of ether oxygens (including phenoxy) is 1. The van der Waals surface area contributed by atoms with E-state index in [0.29, 0.717) is 19.1 Å². The zero-order valence-electron chi connectivity index (χ0n) is 11.9. The van der Waals surface area contributed by atoms with Crippen LogP contribution in [0, 0.1) is 5.92 Å². The van der Waals surface area contributed by atoms with E-state index >= 15 is 0 Å². The molecule has 2 amide bonds. The first-order valence-electron chi connectivity index (χ1n) is 6.79. The first-order chi connectivity index (χ1) is 8.91. The van der Waals surface area contributed by atoms with Crippen LogP contribution in [-0.4, -0.2) is 53.8 Å². The Hall–Kier alpha value is -1.30. The van der Waals surface area contributed by atoms with Gasteiger partial charge in [-0.3, -0.25) is 0 Å². The van der Waals surface area contributed by atoms with Crippen molar-refractivity contribution in [3.63, 3.8) is 0 Å². The lowest BCUT2D eigenvalue weighted by molar-refractivity contribution is -0.147.